The van der Waals surface area contributed by atoms with Gasteiger partial charge in [0.15, 0.2) is 0 Å². The molecule has 8 atom stereocenters. The predicted octanol–water partition coefficient (Wildman–Crippen LogP) is 2.04. The van der Waals surface area contributed by atoms with Crippen molar-refractivity contribution in [2.45, 2.75) is 65.8 Å². The summed E-state index contributed by atoms with van der Waals surface area (Å²) in [6.07, 6.45) is 0.0399. The van der Waals surface area contributed by atoms with Crippen LogP contribution < -0.4 is 0 Å². The third kappa shape index (κ3) is 2.79. The first kappa shape index (κ1) is 19.1. The summed E-state index contributed by atoms with van der Waals surface area (Å²) in [5.74, 6) is -2.15. The Balaban J connectivity index is 2.08. The number of esters is 2. The van der Waals surface area contributed by atoms with Crippen LogP contribution in [0.5, 0.6) is 0 Å². The number of hydrogen-bond donors (Lipinski definition) is 1. The average molecular weight is 364 g/mol. The maximum atomic E-state index is 12.9. The van der Waals surface area contributed by atoms with Crippen LogP contribution in [-0.2, 0) is 23.9 Å². The van der Waals surface area contributed by atoms with Crippen LogP contribution >= 0.6 is 0 Å². The van der Waals surface area contributed by atoms with Crippen LogP contribution in [0.25, 0.3) is 0 Å². The number of carbonyl (C=O) groups is 3. The molecule has 2 aliphatic carbocycles. The third-order valence-electron chi connectivity index (χ3n) is 6.56. The summed E-state index contributed by atoms with van der Waals surface area (Å²) < 4.78 is 11.4. The number of ketones is 1. The molecular weight excluding hydrogens is 336 g/mol. The lowest BCUT2D eigenvalue weighted by Crippen LogP contribution is -2.50. The Kier molecular flexibility index (Phi) is 4.76. The predicted molar refractivity (Wildman–Crippen MR) is 92.9 cm³/mol. The van der Waals surface area contributed by atoms with Crippen LogP contribution in [0, 0.1) is 29.1 Å². The summed E-state index contributed by atoms with van der Waals surface area (Å²) in [5, 5.41) is 10.6. The van der Waals surface area contributed by atoms with Crippen molar-refractivity contribution >= 4 is 17.7 Å². The summed E-state index contributed by atoms with van der Waals surface area (Å²) in [7, 11) is 0. The molecule has 0 radical (unpaired) electrons. The first-order valence-corrected chi connectivity index (χ1v) is 9.34. The van der Waals surface area contributed by atoms with E-state index in [-0.39, 0.29) is 35.9 Å². The average Bonchev–Trinajstić information content (AvgIpc) is 2.87. The van der Waals surface area contributed by atoms with Crippen LogP contribution in [0.15, 0.2) is 11.6 Å². The highest BCUT2D eigenvalue weighted by Crippen LogP contribution is 2.56. The van der Waals surface area contributed by atoms with Gasteiger partial charge in [-0.2, -0.15) is 0 Å². The van der Waals surface area contributed by atoms with Crippen molar-refractivity contribution in [2.75, 3.05) is 0 Å². The molecule has 3 aliphatic rings. The number of Topliss-reactive ketones (excluding diaryl/α,β-unsaturated/α-hetero) is 1. The van der Waals surface area contributed by atoms with Gasteiger partial charge in [0.05, 0.1) is 17.4 Å². The Hall–Kier alpha value is -1.69. The highest BCUT2D eigenvalue weighted by molar-refractivity contribution is 5.90. The Morgan fingerprint density at radius 2 is 1.96 bits per heavy atom. The normalized spacial score (nSPS) is 44.6. The molecule has 1 heterocycles. The standard InChI is InChI=1S/C20H28O6/c1-9(2)6-15(23)26-18-16-11(4)19(24)25-13(16)7-10(3)17-12(21)8-14(22)20(17,18)5/h6,10-13,16-18,21H,7-8H2,1-5H3/t10-,11-,12+,13-,16+,17-,18-,20-/m0/s1. The van der Waals surface area contributed by atoms with Crippen LogP contribution in [0.3, 0.4) is 0 Å². The van der Waals surface area contributed by atoms with E-state index in [2.05, 4.69) is 0 Å². The number of fused-ring (bicyclic) bond motifs is 2. The van der Waals surface area contributed by atoms with Gasteiger partial charge < -0.3 is 14.6 Å². The summed E-state index contributed by atoms with van der Waals surface area (Å²) in [6, 6.07) is 0. The van der Waals surface area contributed by atoms with E-state index < -0.39 is 35.6 Å². The van der Waals surface area contributed by atoms with E-state index in [1.165, 1.54) is 6.08 Å². The zero-order valence-electron chi connectivity index (χ0n) is 16.0. The molecule has 0 aromatic carbocycles. The number of hydrogen-bond acceptors (Lipinski definition) is 6. The minimum absolute atomic E-state index is 0.0285. The number of carbonyl (C=O) groups excluding carboxylic acids is 3. The molecule has 1 N–H and O–H groups in total. The fourth-order valence-electron chi connectivity index (χ4n) is 5.43. The van der Waals surface area contributed by atoms with Crippen LogP contribution in [0.2, 0.25) is 0 Å². The smallest absolute Gasteiger partial charge is 0.330 e. The lowest BCUT2D eigenvalue weighted by molar-refractivity contribution is -0.164. The van der Waals surface area contributed by atoms with Crippen LogP contribution in [-0.4, -0.2) is 41.1 Å². The number of aliphatic hydroxyl groups is 1. The molecule has 1 saturated heterocycles. The Bertz CT molecular complexity index is 663. The number of allylic oxidation sites excluding steroid dienone is 1. The van der Waals surface area contributed by atoms with Crippen molar-refractivity contribution < 1.29 is 29.0 Å². The maximum absolute atomic E-state index is 12.9. The van der Waals surface area contributed by atoms with Gasteiger partial charge in [0.25, 0.3) is 0 Å². The number of aliphatic hydroxyl groups excluding tert-OH is 1. The van der Waals surface area contributed by atoms with Gasteiger partial charge in [0.1, 0.15) is 18.0 Å². The second-order valence-electron chi connectivity index (χ2n) is 8.64. The van der Waals surface area contributed by atoms with E-state index in [1.54, 1.807) is 27.7 Å². The molecule has 0 aromatic heterocycles. The van der Waals surface area contributed by atoms with Gasteiger partial charge in [-0.15, -0.1) is 0 Å². The number of rotatable bonds is 2. The van der Waals surface area contributed by atoms with Crippen molar-refractivity contribution in [1.29, 1.82) is 0 Å². The second kappa shape index (κ2) is 6.48. The molecule has 0 bridgehead atoms. The Labute approximate surface area is 153 Å². The minimum atomic E-state index is -1.02. The zero-order valence-corrected chi connectivity index (χ0v) is 16.0. The zero-order chi connectivity index (χ0) is 19.4. The van der Waals surface area contributed by atoms with Crippen molar-refractivity contribution in [3.8, 4) is 0 Å². The summed E-state index contributed by atoms with van der Waals surface area (Å²) in [4.78, 5) is 37.6. The quantitative estimate of drug-likeness (QED) is 0.596. The molecule has 144 valence electrons. The van der Waals surface area contributed by atoms with Crippen LogP contribution in [0.1, 0.15) is 47.5 Å². The monoisotopic (exact) mass is 364 g/mol. The molecule has 1 aliphatic heterocycles. The minimum Gasteiger partial charge on any atom is -0.462 e. The molecule has 26 heavy (non-hydrogen) atoms. The van der Waals surface area contributed by atoms with E-state index in [0.29, 0.717) is 6.42 Å². The SMILES string of the molecule is CC(C)=CC(=O)O[C@H]1[C@H]2[C@H](C[C@H](C)[C@H]3[C@H](O)CC(=O)[C@@]31C)OC(=O)[C@H]2C. The van der Waals surface area contributed by atoms with E-state index in [0.717, 1.165) is 5.57 Å². The van der Waals surface area contributed by atoms with Gasteiger partial charge in [-0.3, -0.25) is 9.59 Å². The molecule has 2 saturated carbocycles. The highest BCUT2D eigenvalue weighted by Gasteiger charge is 2.66. The van der Waals surface area contributed by atoms with Gasteiger partial charge in [-0.1, -0.05) is 19.4 Å². The summed E-state index contributed by atoms with van der Waals surface area (Å²) >= 11 is 0. The molecule has 3 rings (SSSR count). The fourth-order valence-corrected chi connectivity index (χ4v) is 5.43. The third-order valence-corrected chi connectivity index (χ3v) is 6.56. The van der Waals surface area contributed by atoms with Gasteiger partial charge >= 0.3 is 11.9 Å². The molecule has 3 fully saturated rings. The van der Waals surface area contributed by atoms with Crippen molar-refractivity contribution in [2.24, 2.45) is 29.1 Å². The first-order chi connectivity index (χ1) is 12.1. The highest BCUT2D eigenvalue weighted by atomic mass is 16.6. The van der Waals surface area contributed by atoms with E-state index in [4.69, 9.17) is 9.47 Å². The van der Waals surface area contributed by atoms with Crippen LogP contribution in [0.4, 0.5) is 0 Å². The molecule has 0 spiro atoms. The molecular formula is C20H28O6. The van der Waals surface area contributed by atoms with E-state index in [9.17, 15) is 19.5 Å². The fraction of sp³-hybridized carbons (Fsp3) is 0.750. The van der Waals surface area contributed by atoms with Crippen molar-refractivity contribution in [3.63, 3.8) is 0 Å². The Morgan fingerprint density at radius 3 is 2.58 bits per heavy atom. The van der Waals surface area contributed by atoms with Crippen molar-refractivity contribution in [3.05, 3.63) is 11.6 Å². The second-order valence-corrected chi connectivity index (χ2v) is 8.64. The largest absolute Gasteiger partial charge is 0.462 e. The molecule has 0 unspecified atom stereocenters. The lowest BCUT2D eigenvalue weighted by atomic mass is 9.66. The number of ether oxygens (including phenoxy) is 2. The first-order valence-electron chi connectivity index (χ1n) is 9.34. The Morgan fingerprint density at radius 1 is 1.31 bits per heavy atom. The summed E-state index contributed by atoms with van der Waals surface area (Å²) in [5.41, 5.74) is -0.231. The topological polar surface area (TPSA) is 89.9 Å². The van der Waals surface area contributed by atoms with Gasteiger partial charge in [-0.05, 0) is 33.1 Å². The van der Waals surface area contributed by atoms with E-state index in [1.807, 2.05) is 6.92 Å². The lowest BCUT2D eigenvalue weighted by Gasteiger charge is -2.40. The van der Waals surface area contributed by atoms with Crippen molar-refractivity contribution in [1.82, 2.24) is 0 Å². The van der Waals surface area contributed by atoms with Gasteiger partial charge in [0, 0.05) is 24.3 Å². The molecule has 6 heteroatoms. The molecule has 0 amide bonds. The van der Waals surface area contributed by atoms with Gasteiger partial charge in [-0.25, -0.2) is 4.79 Å². The summed E-state index contributed by atoms with van der Waals surface area (Å²) in [6.45, 7) is 9.10. The molecule has 6 nitrogen and oxygen atoms in total. The van der Waals surface area contributed by atoms with E-state index >= 15 is 0 Å². The maximum Gasteiger partial charge on any atom is 0.330 e. The molecule has 0 aromatic rings. The van der Waals surface area contributed by atoms with Gasteiger partial charge in [0.2, 0.25) is 0 Å².